The number of amides is 1. The van der Waals surface area contributed by atoms with Crippen molar-refractivity contribution in [1.29, 1.82) is 0 Å². The Morgan fingerprint density at radius 1 is 1.23 bits per heavy atom. The summed E-state index contributed by atoms with van der Waals surface area (Å²) >= 11 is 6.07. The number of alkyl carbamates (subject to hydrolysis) is 1. The van der Waals surface area contributed by atoms with E-state index in [-0.39, 0.29) is 19.3 Å². The Hall–Kier alpha value is -2.84. The molecule has 31 heavy (non-hydrogen) atoms. The molecule has 2 aromatic heterocycles. The number of carbonyl (C=O) groups excluding carboxylic acids is 1. The largest absolute Gasteiger partial charge is 0.474 e. The zero-order chi connectivity index (χ0) is 22.4. The van der Waals surface area contributed by atoms with Crippen LogP contribution in [0.4, 0.5) is 4.79 Å². The third kappa shape index (κ3) is 6.57. The molecule has 1 amide bonds. The first-order chi connectivity index (χ1) is 14.7. The van der Waals surface area contributed by atoms with Gasteiger partial charge >= 0.3 is 6.09 Å². The lowest BCUT2D eigenvalue weighted by Crippen LogP contribution is -2.36. The lowest BCUT2D eigenvalue weighted by Gasteiger charge is -2.24. The summed E-state index contributed by atoms with van der Waals surface area (Å²) in [6.07, 6.45) is 1.21. The predicted octanol–water partition coefficient (Wildman–Crippen LogP) is 4.28. The third-order valence-corrected chi connectivity index (χ3v) is 4.49. The molecule has 0 saturated heterocycles. The molecule has 0 radical (unpaired) electrons. The van der Waals surface area contributed by atoms with E-state index in [1.165, 1.54) is 0 Å². The van der Waals surface area contributed by atoms with Crippen LogP contribution >= 0.6 is 11.6 Å². The average molecular weight is 447 g/mol. The monoisotopic (exact) mass is 446 g/mol. The Morgan fingerprint density at radius 3 is 2.68 bits per heavy atom. The van der Waals surface area contributed by atoms with E-state index in [9.17, 15) is 4.79 Å². The lowest BCUT2D eigenvalue weighted by molar-refractivity contribution is 0.0416. The van der Waals surface area contributed by atoms with Gasteiger partial charge in [-0.05, 0) is 32.4 Å². The van der Waals surface area contributed by atoms with Gasteiger partial charge < -0.3 is 19.5 Å². The minimum Gasteiger partial charge on any atom is -0.474 e. The van der Waals surface area contributed by atoms with Crippen molar-refractivity contribution in [2.75, 3.05) is 19.8 Å². The Kier molecular flexibility index (Phi) is 7.35. The summed E-state index contributed by atoms with van der Waals surface area (Å²) in [5.74, 6) is 0.401. The Morgan fingerprint density at radius 2 is 1.97 bits per heavy atom. The number of hydrogen-bond acceptors (Lipinski definition) is 6. The number of nitrogens with zero attached hydrogens (tertiary/aromatic N) is 3. The van der Waals surface area contributed by atoms with Crippen LogP contribution in [0.5, 0.6) is 5.88 Å². The molecule has 0 aliphatic carbocycles. The van der Waals surface area contributed by atoms with Gasteiger partial charge in [-0.1, -0.05) is 41.9 Å². The van der Waals surface area contributed by atoms with Crippen molar-refractivity contribution >= 4 is 28.6 Å². The highest BCUT2D eigenvalue weighted by Gasteiger charge is 2.21. The molecule has 9 heteroatoms. The van der Waals surface area contributed by atoms with Gasteiger partial charge in [0, 0.05) is 12.4 Å². The number of ether oxygens (including phenoxy) is 3. The molecule has 1 N–H and O–H groups in total. The van der Waals surface area contributed by atoms with Crippen molar-refractivity contribution in [3.8, 4) is 5.88 Å². The van der Waals surface area contributed by atoms with E-state index >= 15 is 0 Å². The summed E-state index contributed by atoms with van der Waals surface area (Å²) in [5.41, 5.74) is 1.10. The van der Waals surface area contributed by atoms with Crippen LogP contribution in [-0.2, 0) is 16.5 Å². The number of pyridine rings is 1. The highest BCUT2D eigenvalue weighted by atomic mass is 35.5. The van der Waals surface area contributed by atoms with Gasteiger partial charge in [0.05, 0.1) is 25.5 Å². The van der Waals surface area contributed by atoms with Crippen LogP contribution < -0.4 is 10.1 Å². The average Bonchev–Trinajstić information content (AvgIpc) is 3.06. The van der Waals surface area contributed by atoms with Crippen LogP contribution in [0.3, 0.4) is 0 Å². The van der Waals surface area contributed by atoms with E-state index in [1.54, 1.807) is 16.9 Å². The van der Waals surface area contributed by atoms with E-state index in [1.807, 2.05) is 58.2 Å². The molecule has 0 fully saturated rings. The minimum atomic E-state index is -0.582. The van der Waals surface area contributed by atoms with Crippen molar-refractivity contribution in [3.63, 3.8) is 0 Å². The van der Waals surface area contributed by atoms with E-state index in [4.69, 9.17) is 25.8 Å². The zero-order valence-corrected chi connectivity index (χ0v) is 18.8. The molecule has 3 aromatic rings. The molecule has 2 heterocycles. The molecular weight excluding hydrogens is 420 g/mol. The van der Waals surface area contributed by atoms with Crippen molar-refractivity contribution in [2.24, 2.45) is 7.05 Å². The van der Waals surface area contributed by atoms with Gasteiger partial charge in [0.1, 0.15) is 22.9 Å². The minimum absolute atomic E-state index is 0.261. The molecule has 8 nitrogen and oxygen atoms in total. The number of nitrogens with one attached hydrogen (secondary N) is 1. The summed E-state index contributed by atoms with van der Waals surface area (Å²) in [6.45, 7) is 6.29. The lowest BCUT2D eigenvalue weighted by atomic mass is 10.1. The van der Waals surface area contributed by atoms with Crippen LogP contribution in [0.25, 0.3) is 10.9 Å². The number of aromatic nitrogens is 3. The number of aryl methyl sites for hydroxylation is 1. The van der Waals surface area contributed by atoms with Gasteiger partial charge in [0.15, 0.2) is 0 Å². The van der Waals surface area contributed by atoms with Gasteiger partial charge in [0.25, 0.3) is 0 Å². The van der Waals surface area contributed by atoms with Gasteiger partial charge in [-0.2, -0.15) is 10.1 Å². The van der Waals surface area contributed by atoms with Crippen LogP contribution in [0, 0.1) is 0 Å². The van der Waals surface area contributed by atoms with Crippen LogP contribution in [0.1, 0.15) is 32.4 Å². The van der Waals surface area contributed by atoms with E-state index in [0.717, 1.165) is 16.5 Å². The smallest absolute Gasteiger partial charge is 0.408 e. The maximum Gasteiger partial charge on any atom is 0.408 e. The fourth-order valence-electron chi connectivity index (χ4n) is 2.99. The predicted molar refractivity (Wildman–Crippen MR) is 118 cm³/mol. The molecule has 166 valence electrons. The van der Waals surface area contributed by atoms with E-state index in [0.29, 0.717) is 17.6 Å². The van der Waals surface area contributed by atoms with Crippen LogP contribution in [0.15, 0.2) is 42.6 Å². The summed E-state index contributed by atoms with van der Waals surface area (Å²) in [7, 11) is 1.81. The molecule has 0 aliphatic heterocycles. The third-order valence-electron chi connectivity index (χ3n) is 4.30. The maximum atomic E-state index is 12.2. The molecule has 0 aliphatic rings. The number of hydrogen-bond donors (Lipinski definition) is 1. The zero-order valence-electron chi connectivity index (χ0n) is 18.1. The van der Waals surface area contributed by atoms with E-state index in [2.05, 4.69) is 15.4 Å². The van der Waals surface area contributed by atoms with Gasteiger partial charge in [-0.25, -0.2) is 4.79 Å². The van der Waals surface area contributed by atoms with Gasteiger partial charge in [-0.3, -0.25) is 4.68 Å². The molecule has 0 unspecified atom stereocenters. The first-order valence-corrected chi connectivity index (χ1v) is 10.3. The topological polar surface area (TPSA) is 87.5 Å². The SMILES string of the molecule is Cn1ncc2cc(Cl)nc(OCCOC[C@@H](NC(=O)OC(C)(C)C)c3ccccc3)c21. The molecule has 0 bridgehead atoms. The normalized spacial score (nSPS) is 12.5. The highest BCUT2D eigenvalue weighted by Crippen LogP contribution is 2.26. The number of rotatable bonds is 8. The quantitative estimate of drug-likeness (QED) is 0.410. The molecule has 1 aromatic carbocycles. The Balaban J connectivity index is 1.56. The van der Waals surface area contributed by atoms with Crippen molar-refractivity contribution in [1.82, 2.24) is 20.1 Å². The molecule has 3 rings (SSSR count). The molecule has 0 spiro atoms. The molecule has 0 saturated carbocycles. The second-order valence-corrected chi connectivity index (χ2v) is 8.38. The van der Waals surface area contributed by atoms with E-state index < -0.39 is 11.7 Å². The number of benzene rings is 1. The Labute approximate surface area is 186 Å². The number of halogens is 1. The van der Waals surface area contributed by atoms with Crippen molar-refractivity contribution in [2.45, 2.75) is 32.4 Å². The van der Waals surface area contributed by atoms with Crippen LogP contribution in [-0.4, -0.2) is 46.3 Å². The van der Waals surface area contributed by atoms with Crippen LogP contribution in [0.2, 0.25) is 5.15 Å². The fourth-order valence-corrected chi connectivity index (χ4v) is 3.18. The summed E-state index contributed by atoms with van der Waals surface area (Å²) in [5, 5.41) is 8.26. The second kappa shape index (κ2) is 9.98. The van der Waals surface area contributed by atoms with Crippen molar-refractivity contribution in [3.05, 3.63) is 53.3 Å². The second-order valence-electron chi connectivity index (χ2n) is 7.99. The number of fused-ring (bicyclic) bond motifs is 1. The first kappa shape index (κ1) is 22.8. The summed E-state index contributed by atoms with van der Waals surface area (Å²) < 4.78 is 18.6. The molecule has 1 atom stereocenters. The van der Waals surface area contributed by atoms with Crippen molar-refractivity contribution < 1.29 is 19.0 Å². The van der Waals surface area contributed by atoms with Gasteiger partial charge in [-0.15, -0.1) is 0 Å². The van der Waals surface area contributed by atoms with Gasteiger partial charge in [0.2, 0.25) is 5.88 Å². The maximum absolute atomic E-state index is 12.2. The summed E-state index contributed by atoms with van der Waals surface area (Å²) in [4.78, 5) is 16.5. The highest BCUT2D eigenvalue weighted by molar-refractivity contribution is 6.30. The number of carbonyl (C=O) groups is 1. The molecular formula is C22H27ClN4O4. The summed E-state index contributed by atoms with van der Waals surface area (Å²) in [6, 6.07) is 11.0. The standard InChI is InChI=1S/C22H27ClN4O4/c1-22(2,3)31-21(28)25-17(15-8-6-5-7-9-15)14-29-10-11-30-20-19-16(12-18(23)26-20)13-24-27(19)4/h5-9,12-13,17H,10-11,14H2,1-4H3,(H,25,28)/t17-/m1/s1. The first-order valence-electron chi connectivity index (χ1n) is 9.96. The Bertz CT molecular complexity index is 1020. The fraction of sp³-hybridized carbons (Fsp3) is 0.409.